The molecule has 0 saturated carbocycles. The van der Waals surface area contributed by atoms with E-state index in [1.807, 2.05) is 6.92 Å². The van der Waals surface area contributed by atoms with Crippen LogP contribution >= 0.6 is 0 Å². The molecule has 2 rings (SSSR count). The standard InChI is InChI=1S/C9H17N5O2S/c1-7-8(4-3-5-10-7)12-17(15,16)9-6-11-13-14(9)2/h6-8,10,12H,3-5H2,1-2H3. The second-order valence-electron chi connectivity index (χ2n) is 4.31. The van der Waals surface area contributed by atoms with Gasteiger partial charge in [-0.2, -0.15) is 0 Å². The number of aromatic nitrogens is 3. The van der Waals surface area contributed by atoms with Gasteiger partial charge in [0.15, 0.2) is 5.03 Å². The Bertz CT molecular complexity index is 483. The lowest BCUT2D eigenvalue weighted by Crippen LogP contribution is -2.52. The van der Waals surface area contributed by atoms with Crippen molar-refractivity contribution >= 4 is 10.0 Å². The highest BCUT2D eigenvalue weighted by molar-refractivity contribution is 7.89. The van der Waals surface area contributed by atoms with Crippen molar-refractivity contribution in [1.29, 1.82) is 0 Å². The van der Waals surface area contributed by atoms with Gasteiger partial charge in [-0.1, -0.05) is 5.21 Å². The first kappa shape index (κ1) is 12.5. The summed E-state index contributed by atoms with van der Waals surface area (Å²) in [6.07, 6.45) is 3.07. The molecule has 2 unspecified atom stereocenters. The minimum absolute atomic E-state index is 0.0800. The molecule has 0 amide bonds. The largest absolute Gasteiger partial charge is 0.313 e. The first-order valence-corrected chi connectivity index (χ1v) is 7.09. The fourth-order valence-electron chi connectivity index (χ4n) is 1.99. The molecule has 0 radical (unpaired) electrons. The number of nitrogens with zero attached hydrogens (tertiary/aromatic N) is 3. The molecule has 0 bridgehead atoms. The average Bonchev–Trinajstić information content (AvgIpc) is 2.68. The second-order valence-corrected chi connectivity index (χ2v) is 5.97. The smallest absolute Gasteiger partial charge is 0.259 e. The third-order valence-electron chi connectivity index (χ3n) is 3.02. The SMILES string of the molecule is CC1NCCCC1NS(=O)(=O)c1cnnn1C. The molecule has 2 atom stereocenters. The molecule has 7 nitrogen and oxygen atoms in total. The van der Waals surface area contributed by atoms with E-state index in [4.69, 9.17) is 0 Å². The predicted octanol–water partition coefficient (Wildman–Crippen LogP) is -0.766. The van der Waals surface area contributed by atoms with Gasteiger partial charge in [0.2, 0.25) is 0 Å². The van der Waals surface area contributed by atoms with Crippen LogP contribution in [0.3, 0.4) is 0 Å². The van der Waals surface area contributed by atoms with Crippen molar-refractivity contribution < 1.29 is 8.42 Å². The van der Waals surface area contributed by atoms with Crippen LogP contribution < -0.4 is 10.0 Å². The van der Waals surface area contributed by atoms with E-state index in [9.17, 15) is 8.42 Å². The molecule has 17 heavy (non-hydrogen) atoms. The molecule has 1 saturated heterocycles. The summed E-state index contributed by atoms with van der Waals surface area (Å²) in [5, 5.41) is 10.5. The zero-order valence-corrected chi connectivity index (χ0v) is 10.7. The van der Waals surface area contributed by atoms with Gasteiger partial charge in [-0.3, -0.25) is 0 Å². The summed E-state index contributed by atoms with van der Waals surface area (Å²) < 4.78 is 28.1. The fraction of sp³-hybridized carbons (Fsp3) is 0.778. The normalized spacial score (nSPS) is 26.0. The fourth-order valence-corrected chi connectivity index (χ4v) is 3.40. The van der Waals surface area contributed by atoms with Crippen LogP contribution in [-0.2, 0) is 17.1 Å². The van der Waals surface area contributed by atoms with Gasteiger partial charge in [0.25, 0.3) is 10.0 Å². The van der Waals surface area contributed by atoms with E-state index in [1.165, 1.54) is 10.9 Å². The Hall–Kier alpha value is -0.990. The number of aryl methyl sites for hydroxylation is 1. The Labute approximate surface area is 101 Å². The molecular weight excluding hydrogens is 242 g/mol. The first-order valence-electron chi connectivity index (χ1n) is 5.61. The quantitative estimate of drug-likeness (QED) is 0.744. The van der Waals surface area contributed by atoms with E-state index < -0.39 is 10.0 Å². The van der Waals surface area contributed by atoms with E-state index in [1.54, 1.807) is 7.05 Å². The zero-order valence-electron chi connectivity index (χ0n) is 9.92. The van der Waals surface area contributed by atoms with Crippen LogP contribution in [-0.4, -0.2) is 42.0 Å². The van der Waals surface area contributed by atoms with E-state index in [0.717, 1.165) is 19.4 Å². The third-order valence-corrected chi connectivity index (χ3v) is 4.55. The van der Waals surface area contributed by atoms with Gasteiger partial charge in [-0.05, 0) is 26.3 Å². The Morgan fingerprint density at radius 1 is 1.59 bits per heavy atom. The molecule has 8 heteroatoms. The molecule has 0 aliphatic carbocycles. The molecule has 1 aliphatic heterocycles. The van der Waals surface area contributed by atoms with Gasteiger partial charge < -0.3 is 5.32 Å². The van der Waals surface area contributed by atoms with Gasteiger partial charge >= 0.3 is 0 Å². The average molecular weight is 259 g/mol. The Morgan fingerprint density at radius 3 is 2.94 bits per heavy atom. The van der Waals surface area contributed by atoms with Crippen molar-refractivity contribution in [3.63, 3.8) is 0 Å². The molecule has 0 spiro atoms. The van der Waals surface area contributed by atoms with Crippen LogP contribution in [0.4, 0.5) is 0 Å². The summed E-state index contributed by atoms with van der Waals surface area (Å²) in [6.45, 7) is 2.92. The van der Waals surface area contributed by atoms with Crippen LogP contribution in [0.15, 0.2) is 11.2 Å². The van der Waals surface area contributed by atoms with Crippen molar-refractivity contribution in [3.8, 4) is 0 Å². The topological polar surface area (TPSA) is 88.9 Å². The summed E-state index contributed by atoms with van der Waals surface area (Å²) in [5.41, 5.74) is 0. The highest BCUT2D eigenvalue weighted by Crippen LogP contribution is 2.12. The van der Waals surface area contributed by atoms with Crippen LogP contribution in [0.5, 0.6) is 0 Å². The lowest BCUT2D eigenvalue weighted by Gasteiger charge is -2.30. The van der Waals surface area contributed by atoms with Crippen molar-refractivity contribution in [3.05, 3.63) is 6.20 Å². The molecule has 96 valence electrons. The highest BCUT2D eigenvalue weighted by atomic mass is 32.2. The van der Waals surface area contributed by atoms with E-state index in [2.05, 4.69) is 20.4 Å². The van der Waals surface area contributed by atoms with Gasteiger partial charge in [-0.15, -0.1) is 5.10 Å². The van der Waals surface area contributed by atoms with Gasteiger partial charge in [-0.25, -0.2) is 17.8 Å². The molecule has 1 aliphatic rings. The van der Waals surface area contributed by atoms with Crippen molar-refractivity contribution in [2.24, 2.45) is 7.05 Å². The first-order chi connectivity index (χ1) is 8.00. The monoisotopic (exact) mass is 259 g/mol. The van der Waals surface area contributed by atoms with Gasteiger partial charge in [0.1, 0.15) is 0 Å². The number of hydrogen-bond donors (Lipinski definition) is 2. The summed E-state index contributed by atoms with van der Waals surface area (Å²) >= 11 is 0. The van der Waals surface area contributed by atoms with E-state index in [0.29, 0.717) is 0 Å². The lowest BCUT2D eigenvalue weighted by molar-refractivity contribution is 0.348. The van der Waals surface area contributed by atoms with Crippen LogP contribution in [0.1, 0.15) is 19.8 Å². The maximum Gasteiger partial charge on any atom is 0.259 e. The molecule has 1 aromatic heterocycles. The Balaban J connectivity index is 2.15. The molecule has 1 aromatic rings. The third kappa shape index (κ3) is 2.64. The van der Waals surface area contributed by atoms with Gasteiger partial charge in [0.05, 0.1) is 6.20 Å². The lowest BCUT2D eigenvalue weighted by atomic mass is 10.0. The van der Waals surface area contributed by atoms with Crippen molar-refractivity contribution in [2.45, 2.75) is 36.9 Å². The number of rotatable bonds is 3. The summed E-state index contributed by atoms with van der Waals surface area (Å²) in [6, 6.07) is 0.0587. The van der Waals surface area contributed by atoms with Crippen LogP contribution in [0, 0.1) is 0 Å². The second kappa shape index (κ2) is 4.71. The summed E-state index contributed by atoms with van der Waals surface area (Å²) in [5.74, 6) is 0. The molecule has 1 fully saturated rings. The minimum atomic E-state index is -3.53. The summed E-state index contributed by atoms with van der Waals surface area (Å²) in [7, 11) is -1.97. The molecular formula is C9H17N5O2S. The van der Waals surface area contributed by atoms with Crippen LogP contribution in [0.2, 0.25) is 0 Å². The molecule has 0 aromatic carbocycles. The molecule has 2 heterocycles. The highest BCUT2D eigenvalue weighted by Gasteiger charge is 2.28. The Kier molecular flexibility index (Phi) is 3.45. The number of sulfonamides is 1. The summed E-state index contributed by atoms with van der Waals surface area (Å²) in [4.78, 5) is 0. The number of piperidine rings is 1. The minimum Gasteiger partial charge on any atom is -0.313 e. The van der Waals surface area contributed by atoms with Crippen molar-refractivity contribution in [1.82, 2.24) is 25.0 Å². The van der Waals surface area contributed by atoms with Crippen molar-refractivity contribution in [2.75, 3.05) is 6.54 Å². The maximum absolute atomic E-state index is 12.1. The Morgan fingerprint density at radius 2 is 2.35 bits per heavy atom. The zero-order chi connectivity index (χ0) is 12.5. The van der Waals surface area contributed by atoms with Crippen LogP contribution in [0.25, 0.3) is 0 Å². The number of nitrogens with one attached hydrogen (secondary N) is 2. The van der Waals surface area contributed by atoms with Gasteiger partial charge in [0, 0.05) is 19.1 Å². The number of hydrogen-bond acceptors (Lipinski definition) is 5. The van der Waals surface area contributed by atoms with E-state index >= 15 is 0 Å². The maximum atomic E-state index is 12.1. The predicted molar refractivity (Wildman–Crippen MR) is 61.8 cm³/mol. The van der Waals surface area contributed by atoms with E-state index in [-0.39, 0.29) is 17.1 Å². The molecule has 2 N–H and O–H groups in total.